The van der Waals surface area contributed by atoms with Crippen LogP contribution in [-0.2, 0) is 0 Å². The number of hydrogen-bond acceptors (Lipinski definition) is 4. The van der Waals surface area contributed by atoms with E-state index >= 15 is 0 Å². The molecule has 1 aromatic heterocycles. The number of nitrogens with one attached hydrogen (secondary N) is 1. The van der Waals surface area contributed by atoms with Crippen LogP contribution in [0, 0.1) is 0 Å². The zero-order valence-electron chi connectivity index (χ0n) is 16.0. The van der Waals surface area contributed by atoms with Crippen LogP contribution in [0.5, 0.6) is 0 Å². The zero-order valence-corrected chi connectivity index (χ0v) is 16.0. The van der Waals surface area contributed by atoms with Crippen molar-refractivity contribution < 1.29 is 9.59 Å². The summed E-state index contributed by atoms with van der Waals surface area (Å²) >= 11 is 0. The fourth-order valence-electron chi connectivity index (χ4n) is 3.28. The minimum atomic E-state index is -0.330. The first-order valence-corrected chi connectivity index (χ1v) is 9.17. The highest BCUT2D eigenvalue weighted by Crippen LogP contribution is 2.13. The Morgan fingerprint density at radius 2 is 1.86 bits per heavy atom. The predicted octanol–water partition coefficient (Wildman–Crippen LogP) is 0.650. The Kier molecular flexibility index (Phi) is 5.79. The summed E-state index contributed by atoms with van der Waals surface area (Å²) in [6.45, 7) is 0.948. The van der Waals surface area contributed by atoms with E-state index in [1.165, 1.54) is 15.5 Å². The fraction of sp³-hybridized carbons (Fsp3) is 0.350. The van der Waals surface area contributed by atoms with Crippen LogP contribution in [-0.4, -0.2) is 65.6 Å². The van der Waals surface area contributed by atoms with Gasteiger partial charge in [-0.15, -0.1) is 0 Å². The molecule has 2 atom stereocenters. The van der Waals surface area contributed by atoms with Gasteiger partial charge in [0, 0.05) is 62.8 Å². The summed E-state index contributed by atoms with van der Waals surface area (Å²) in [7, 11) is 3.41. The second-order valence-corrected chi connectivity index (χ2v) is 7.11. The number of likely N-dealkylation sites (tertiary alicyclic amines) is 1. The highest BCUT2D eigenvalue weighted by molar-refractivity contribution is 5.94. The molecule has 148 valence electrons. The molecule has 28 heavy (non-hydrogen) atoms. The van der Waals surface area contributed by atoms with Gasteiger partial charge in [-0.25, -0.2) is 4.79 Å². The third-order valence-corrected chi connectivity index (χ3v) is 4.86. The van der Waals surface area contributed by atoms with Crippen LogP contribution in [0.4, 0.5) is 4.79 Å². The van der Waals surface area contributed by atoms with Crippen LogP contribution >= 0.6 is 0 Å². The zero-order chi connectivity index (χ0) is 20.3. The van der Waals surface area contributed by atoms with Gasteiger partial charge in [-0.3, -0.25) is 14.2 Å². The second kappa shape index (κ2) is 8.26. The minimum Gasteiger partial charge on any atom is -0.348 e. The first-order chi connectivity index (χ1) is 13.4. The van der Waals surface area contributed by atoms with Crippen molar-refractivity contribution in [3.05, 3.63) is 64.6 Å². The molecule has 1 saturated heterocycles. The van der Waals surface area contributed by atoms with Gasteiger partial charge in [0.05, 0.1) is 0 Å². The van der Waals surface area contributed by atoms with Crippen LogP contribution in [0.3, 0.4) is 0 Å². The van der Waals surface area contributed by atoms with Gasteiger partial charge in [-0.2, -0.15) is 0 Å². The Morgan fingerprint density at radius 3 is 2.46 bits per heavy atom. The molecule has 1 aliphatic rings. The number of benzene rings is 1. The van der Waals surface area contributed by atoms with E-state index in [9.17, 15) is 14.4 Å². The predicted molar refractivity (Wildman–Crippen MR) is 107 cm³/mol. The highest BCUT2D eigenvalue weighted by atomic mass is 16.2. The van der Waals surface area contributed by atoms with Crippen LogP contribution in [0.2, 0.25) is 0 Å². The smallest absolute Gasteiger partial charge is 0.319 e. The molecule has 1 fully saturated rings. The van der Waals surface area contributed by atoms with Crippen molar-refractivity contribution in [2.45, 2.75) is 18.5 Å². The Balaban J connectivity index is 1.63. The molecule has 0 saturated carbocycles. The van der Waals surface area contributed by atoms with Crippen molar-refractivity contribution in [1.29, 1.82) is 0 Å². The molecule has 0 bridgehead atoms. The van der Waals surface area contributed by atoms with Gasteiger partial charge in [-0.1, -0.05) is 6.07 Å². The summed E-state index contributed by atoms with van der Waals surface area (Å²) in [5, 5.41) is 2.96. The molecular weight excluding hydrogens is 358 g/mol. The van der Waals surface area contributed by atoms with Crippen LogP contribution in [0.25, 0.3) is 5.69 Å². The third kappa shape index (κ3) is 4.23. The van der Waals surface area contributed by atoms with E-state index in [2.05, 4.69) is 5.32 Å². The summed E-state index contributed by atoms with van der Waals surface area (Å²) in [6.07, 6.45) is 2.28. The molecular formula is C20H25N5O3. The molecule has 1 aromatic carbocycles. The van der Waals surface area contributed by atoms with Gasteiger partial charge >= 0.3 is 6.03 Å². The number of pyridine rings is 1. The maximum atomic E-state index is 12.6. The monoisotopic (exact) mass is 383 g/mol. The van der Waals surface area contributed by atoms with E-state index < -0.39 is 0 Å². The summed E-state index contributed by atoms with van der Waals surface area (Å²) in [6, 6.07) is 11.2. The molecule has 1 aliphatic heterocycles. The third-order valence-electron chi connectivity index (χ3n) is 4.86. The maximum absolute atomic E-state index is 12.6. The molecule has 3 amide bonds. The van der Waals surface area contributed by atoms with E-state index in [1.54, 1.807) is 61.6 Å². The van der Waals surface area contributed by atoms with Gasteiger partial charge in [0.2, 0.25) is 0 Å². The number of carbonyl (C=O) groups excluding carboxylic acids is 2. The number of nitrogens with two attached hydrogens (primary N) is 1. The van der Waals surface area contributed by atoms with Crippen molar-refractivity contribution in [1.82, 2.24) is 19.7 Å². The molecule has 2 heterocycles. The van der Waals surface area contributed by atoms with Crippen molar-refractivity contribution in [3.63, 3.8) is 0 Å². The molecule has 2 unspecified atom stereocenters. The Labute approximate surface area is 163 Å². The minimum absolute atomic E-state index is 0.0769. The Bertz CT molecular complexity index is 907. The van der Waals surface area contributed by atoms with E-state index in [0.29, 0.717) is 30.8 Å². The van der Waals surface area contributed by atoms with E-state index in [1.807, 2.05) is 0 Å². The standard InChI is InChI=1S/C20H25N5O3/c1-23(2)20(28)24-12-10-17(16(21)13-24)22-19(27)14-6-8-15(9-7-14)25-11-4-3-5-18(25)26/h3-9,11,16-17H,10,12-13,21H2,1-2H3,(H,22,27). The van der Waals surface area contributed by atoms with Gasteiger partial charge in [0.15, 0.2) is 0 Å². The molecule has 8 heteroatoms. The van der Waals surface area contributed by atoms with Crippen LogP contribution in [0.1, 0.15) is 16.8 Å². The van der Waals surface area contributed by atoms with E-state index in [4.69, 9.17) is 5.73 Å². The van der Waals surface area contributed by atoms with Crippen molar-refractivity contribution in [2.24, 2.45) is 5.73 Å². The van der Waals surface area contributed by atoms with Crippen molar-refractivity contribution in [3.8, 4) is 5.69 Å². The van der Waals surface area contributed by atoms with E-state index in [-0.39, 0.29) is 29.6 Å². The largest absolute Gasteiger partial charge is 0.348 e. The summed E-state index contributed by atoms with van der Waals surface area (Å²) in [4.78, 5) is 39.7. The number of amides is 3. The van der Waals surface area contributed by atoms with Gasteiger partial charge in [0.1, 0.15) is 0 Å². The number of piperidine rings is 1. The number of hydrogen-bond donors (Lipinski definition) is 2. The number of rotatable bonds is 3. The molecule has 3 N–H and O–H groups in total. The van der Waals surface area contributed by atoms with E-state index in [0.717, 1.165) is 0 Å². The summed E-state index contributed by atoms with van der Waals surface area (Å²) in [5.74, 6) is -0.222. The lowest BCUT2D eigenvalue weighted by Crippen LogP contribution is -2.59. The number of carbonyl (C=O) groups is 2. The molecule has 3 rings (SSSR count). The molecule has 8 nitrogen and oxygen atoms in total. The molecule has 0 spiro atoms. The second-order valence-electron chi connectivity index (χ2n) is 7.11. The average Bonchev–Trinajstić information content (AvgIpc) is 2.69. The Morgan fingerprint density at radius 1 is 1.14 bits per heavy atom. The van der Waals surface area contributed by atoms with Crippen LogP contribution < -0.4 is 16.6 Å². The van der Waals surface area contributed by atoms with Crippen LogP contribution in [0.15, 0.2) is 53.5 Å². The quantitative estimate of drug-likeness (QED) is 0.813. The van der Waals surface area contributed by atoms with Gasteiger partial charge in [-0.05, 0) is 36.8 Å². The average molecular weight is 383 g/mol. The lowest BCUT2D eigenvalue weighted by atomic mass is 9.99. The van der Waals surface area contributed by atoms with Crippen molar-refractivity contribution in [2.75, 3.05) is 27.2 Å². The van der Waals surface area contributed by atoms with Crippen molar-refractivity contribution >= 4 is 11.9 Å². The maximum Gasteiger partial charge on any atom is 0.319 e. The normalized spacial score (nSPS) is 19.2. The molecule has 2 aromatic rings. The highest BCUT2D eigenvalue weighted by Gasteiger charge is 2.30. The topological polar surface area (TPSA) is 101 Å². The molecule has 0 aliphatic carbocycles. The molecule has 0 radical (unpaired) electrons. The SMILES string of the molecule is CN(C)C(=O)N1CCC(NC(=O)c2ccc(-n3ccccc3=O)cc2)C(N)C1. The first kappa shape index (κ1) is 19.6. The fourth-order valence-corrected chi connectivity index (χ4v) is 3.28. The lowest BCUT2D eigenvalue weighted by molar-refractivity contribution is 0.0901. The summed E-state index contributed by atoms with van der Waals surface area (Å²) < 4.78 is 1.51. The summed E-state index contributed by atoms with van der Waals surface area (Å²) in [5.41, 5.74) is 7.23. The number of urea groups is 1. The Hall–Kier alpha value is -3.13. The lowest BCUT2D eigenvalue weighted by Gasteiger charge is -2.38. The van der Waals surface area contributed by atoms with Gasteiger partial charge in [0.25, 0.3) is 11.5 Å². The number of nitrogens with zero attached hydrogens (tertiary/aromatic N) is 3. The van der Waals surface area contributed by atoms with Gasteiger partial charge < -0.3 is 20.9 Å². The number of aromatic nitrogens is 1. The first-order valence-electron chi connectivity index (χ1n) is 9.17.